The van der Waals surface area contributed by atoms with E-state index < -0.39 is 18.1 Å². The molecule has 2 heterocycles. The second kappa shape index (κ2) is 9.88. The number of benzene rings is 1. The molecule has 0 fully saturated rings. The Kier molecular flexibility index (Phi) is 6.77. The summed E-state index contributed by atoms with van der Waals surface area (Å²) in [6.07, 6.45) is 5.81. The molecule has 29 heavy (non-hydrogen) atoms. The number of nitrogens with one attached hydrogen (secondary N) is 1. The third-order valence-corrected chi connectivity index (χ3v) is 4.03. The Morgan fingerprint density at radius 1 is 1.10 bits per heavy atom. The normalized spacial score (nSPS) is 11.4. The van der Waals surface area contributed by atoms with E-state index in [2.05, 4.69) is 20.4 Å². The molecule has 0 aliphatic carbocycles. The fraction of sp³-hybridized carbons (Fsp3) is 0.200. The van der Waals surface area contributed by atoms with E-state index in [4.69, 9.17) is 4.74 Å². The van der Waals surface area contributed by atoms with Crippen LogP contribution in [0.25, 0.3) is 11.4 Å². The number of ether oxygens (including phenoxy) is 1. The Morgan fingerprint density at radius 3 is 2.52 bits per heavy atom. The Balaban J connectivity index is 1.51. The highest BCUT2D eigenvalue weighted by Crippen LogP contribution is 2.09. The van der Waals surface area contributed by atoms with Crippen LogP contribution in [0.5, 0.6) is 0 Å². The molecule has 0 radical (unpaired) electrons. The van der Waals surface area contributed by atoms with E-state index >= 15 is 0 Å². The van der Waals surface area contributed by atoms with Crippen molar-refractivity contribution in [2.45, 2.75) is 25.6 Å². The van der Waals surface area contributed by atoms with Gasteiger partial charge in [-0.15, -0.1) is 0 Å². The lowest BCUT2D eigenvalue weighted by Crippen LogP contribution is -2.50. The molecule has 9 heteroatoms. The lowest BCUT2D eigenvalue weighted by Gasteiger charge is -2.17. The average molecular weight is 393 g/mol. The van der Waals surface area contributed by atoms with Gasteiger partial charge < -0.3 is 20.0 Å². The van der Waals surface area contributed by atoms with Gasteiger partial charge in [0.25, 0.3) is 0 Å². The second-order valence-corrected chi connectivity index (χ2v) is 6.12. The zero-order valence-corrected chi connectivity index (χ0v) is 15.5. The number of hydrogen-bond donors (Lipinski definition) is 1. The summed E-state index contributed by atoms with van der Waals surface area (Å²) in [4.78, 5) is 31.5. The van der Waals surface area contributed by atoms with Crippen molar-refractivity contribution in [1.82, 2.24) is 20.4 Å². The molecule has 2 aromatic heterocycles. The summed E-state index contributed by atoms with van der Waals surface area (Å²) in [5, 5.41) is 17.9. The molecule has 1 amide bonds. The molecule has 1 N–H and O–H groups in total. The molecule has 148 valence electrons. The van der Waals surface area contributed by atoms with Crippen LogP contribution in [-0.2, 0) is 22.7 Å². The number of carbonyl (C=O) groups excluding carboxylic acids is 2. The van der Waals surface area contributed by atoms with Crippen molar-refractivity contribution in [3.05, 3.63) is 72.8 Å². The number of hydrogen-bond acceptors (Lipinski definition) is 7. The van der Waals surface area contributed by atoms with Crippen LogP contribution in [0.2, 0.25) is 0 Å². The first-order valence-corrected chi connectivity index (χ1v) is 8.93. The monoisotopic (exact) mass is 393 g/mol. The first kappa shape index (κ1) is 19.9. The minimum atomic E-state index is -1.39. The van der Waals surface area contributed by atoms with E-state index in [9.17, 15) is 14.7 Å². The van der Waals surface area contributed by atoms with Crippen LogP contribution in [0.15, 0.2) is 67.3 Å². The summed E-state index contributed by atoms with van der Waals surface area (Å²) in [5.41, 5.74) is 1.54. The van der Waals surface area contributed by atoms with Gasteiger partial charge in [-0.2, -0.15) is 0 Å². The van der Waals surface area contributed by atoms with E-state index in [0.29, 0.717) is 5.82 Å². The van der Waals surface area contributed by atoms with E-state index in [1.165, 1.54) is 0 Å². The number of carbonyl (C=O) groups is 2. The molecule has 3 rings (SSSR count). The van der Waals surface area contributed by atoms with Crippen molar-refractivity contribution in [3.8, 4) is 11.4 Å². The molecule has 0 aliphatic rings. The Morgan fingerprint density at radius 2 is 1.86 bits per heavy atom. The predicted octanol–water partition coefficient (Wildman–Crippen LogP) is 0.261. The topological polar surface area (TPSA) is 121 Å². The van der Waals surface area contributed by atoms with Gasteiger partial charge in [0.2, 0.25) is 0 Å². The van der Waals surface area contributed by atoms with Crippen molar-refractivity contribution in [1.29, 1.82) is 0 Å². The lowest BCUT2D eigenvalue weighted by molar-refractivity contribution is -0.754. The number of aliphatic carboxylic acids is 1. The number of aryl methyl sites for hydroxylation is 1. The second-order valence-electron chi connectivity index (χ2n) is 6.12. The first-order chi connectivity index (χ1) is 14.1. The highest BCUT2D eigenvalue weighted by Gasteiger charge is 2.17. The maximum absolute atomic E-state index is 11.9. The van der Waals surface area contributed by atoms with Crippen LogP contribution in [0.3, 0.4) is 0 Å². The van der Waals surface area contributed by atoms with Gasteiger partial charge in [0.05, 0.1) is 12.0 Å². The SMILES string of the molecule is O=C(N[C@@H](CC[n+]1ccc(-c2ncccn2)cn1)C(=O)[O-])OCc1ccccc1. The summed E-state index contributed by atoms with van der Waals surface area (Å²) < 4.78 is 6.60. The van der Waals surface area contributed by atoms with Crippen molar-refractivity contribution in [2.75, 3.05) is 0 Å². The predicted molar refractivity (Wildman–Crippen MR) is 98.6 cm³/mol. The zero-order chi connectivity index (χ0) is 20.5. The van der Waals surface area contributed by atoms with Crippen LogP contribution < -0.4 is 15.1 Å². The number of carboxylic acids is 1. The summed E-state index contributed by atoms with van der Waals surface area (Å²) in [7, 11) is 0. The minimum Gasteiger partial charge on any atom is -0.548 e. The van der Waals surface area contributed by atoms with Crippen molar-refractivity contribution >= 4 is 12.1 Å². The maximum atomic E-state index is 11.9. The van der Waals surface area contributed by atoms with Crippen molar-refractivity contribution < 1.29 is 24.1 Å². The van der Waals surface area contributed by atoms with Crippen LogP contribution >= 0.6 is 0 Å². The average Bonchev–Trinajstić information content (AvgIpc) is 2.76. The fourth-order valence-corrected chi connectivity index (χ4v) is 2.51. The molecule has 1 atom stereocenters. The van der Waals surface area contributed by atoms with Gasteiger partial charge in [0, 0.05) is 30.4 Å². The Bertz CT molecular complexity index is 936. The van der Waals surface area contributed by atoms with Gasteiger partial charge in [-0.3, -0.25) is 0 Å². The molecule has 0 aliphatic heterocycles. The number of aromatic nitrogens is 4. The molecule has 3 aromatic rings. The minimum absolute atomic E-state index is 0.0474. The number of carboxylic acid groups (broad SMARTS) is 1. The molecular formula is C20H19N5O4. The molecule has 0 spiro atoms. The molecule has 0 saturated heterocycles. The van der Waals surface area contributed by atoms with Crippen LogP contribution in [-0.4, -0.2) is 33.2 Å². The highest BCUT2D eigenvalue weighted by atomic mass is 16.5. The Hall–Kier alpha value is -3.88. The van der Waals surface area contributed by atoms with Crippen LogP contribution in [0, 0.1) is 0 Å². The summed E-state index contributed by atoms with van der Waals surface area (Å²) >= 11 is 0. The summed E-state index contributed by atoms with van der Waals surface area (Å²) in [6.45, 7) is 0.305. The maximum Gasteiger partial charge on any atom is 0.407 e. The number of alkyl carbamates (subject to hydrolysis) is 1. The summed E-state index contributed by atoms with van der Waals surface area (Å²) in [6, 6.07) is 11.4. The quantitative estimate of drug-likeness (QED) is 0.545. The number of rotatable bonds is 8. The Labute approximate surface area is 167 Å². The lowest BCUT2D eigenvalue weighted by atomic mass is 10.2. The van der Waals surface area contributed by atoms with E-state index in [-0.39, 0.29) is 19.6 Å². The van der Waals surface area contributed by atoms with Crippen molar-refractivity contribution in [3.63, 3.8) is 0 Å². The van der Waals surface area contributed by atoms with Crippen molar-refractivity contribution in [2.24, 2.45) is 0 Å². The summed E-state index contributed by atoms with van der Waals surface area (Å²) in [5.74, 6) is -0.848. The smallest absolute Gasteiger partial charge is 0.407 e. The van der Waals surface area contributed by atoms with E-state index in [1.807, 2.05) is 18.2 Å². The van der Waals surface area contributed by atoms with Gasteiger partial charge in [0.15, 0.2) is 18.6 Å². The third-order valence-electron chi connectivity index (χ3n) is 4.03. The van der Waals surface area contributed by atoms with Gasteiger partial charge in [0.1, 0.15) is 12.8 Å². The van der Waals surface area contributed by atoms with Gasteiger partial charge in [-0.05, 0) is 16.7 Å². The molecule has 0 bridgehead atoms. The van der Waals surface area contributed by atoms with Gasteiger partial charge >= 0.3 is 6.09 Å². The molecule has 0 saturated carbocycles. The molecule has 1 aromatic carbocycles. The third kappa shape index (κ3) is 6.06. The number of nitrogens with zero attached hydrogens (tertiary/aromatic N) is 4. The molecular weight excluding hydrogens is 374 g/mol. The highest BCUT2D eigenvalue weighted by molar-refractivity contribution is 5.78. The van der Waals surface area contributed by atoms with Crippen LogP contribution in [0.4, 0.5) is 4.79 Å². The van der Waals surface area contributed by atoms with E-state index in [0.717, 1.165) is 11.1 Å². The standard InChI is InChI=1S/C20H19N5O4/c26-19(27)17(24-20(28)29-14-15-5-2-1-3-6-15)8-12-25-11-7-16(13-23-25)18-21-9-4-10-22-18/h1-7,9-11,13,17H,8,12,14H2,(H-,24,26,27,28)/t17-/m0/s1. The van der Waals surface area contributed by atoms with E-state index in [1.54, 1.807) is 53.7 Å². The fourth-order valence-electron chi connectivity index (χ4n) is 2.51. The first-order valence-electron chi connectivity index (χ1n) is 8.93. The number of amides is 1. The van der Waals surface area contributed by atoms with Gasteiger partial charge in [-0.25, -0.2) is 14.8 Å². The largest absolute Gasteiger partial charge is 0.548 e. The molecule has 0 unspecified atom stereocenters. The molecule has 9 nitrogen and oxygen atoms in total. The van der Waals surface area contributed by atoms with Gasteiger partial charge in [-0.1, -0.05) is 35.0 Å². The zero-order valence-electron chi connectivity index (χ0n) is 15.5. The van der Waals surface area contributed by atoms with Crippen LogP contribution in [0.1, 0.15) is 12.0 Å².